The summed E-state index contributed by atoms with van der Waals surface area (Å²) < 4.78 is 30.8. The predicted molar refractivity (Wildman–Crippen MR) is 58.3 cm³/mol. The molecule has 0 fully saturated rings. The van der Waals surface area contributed by atoms with Crippen molar-refractivity contribution >= 4 is 39.7 Å². The van der Waals surface area contributed by atoms with Gasteiger partial charge < -0.3 is 10.2 Å². The molecule has 0 saturated carbocycles. The van der Waals surface area contributed by atoms with Crippen LogP contribution in [0.4, 0.5) is 0 Å². The minimum atomic E-state index is -4.37. The molecule has 0 aromatic carbocycles. The van der Waals surface area contributed by atoms with E-state index in [1.807, 2.05) is 0 Å². The van der Waals surface area contributed by atoms with Gasteiger partial charge in [0.2, 0.25) is 0 Å². The van der Waals surface area contributed by atoms with Crippen molar-refractivity contribution in [2.45, 2.75) is 50.6 Å². The Labute approximate surface area is 113 Å². The van der Waals surface area contributed by atoms with Gasteiger partial charge in [0.05, 0.1) is 11.2 Å². The van der Waals surface area contributed by atoms with Crippen molar-refractivity contribution < 1.29 is 23.2 Å². The van der Waals surface area contributed by atoms with E-state index in [0.717, 1.165) is 0 Å². The van der Waals surface area contributed by atoms with Crippen molar-refractivity contribution in [1.29, 1.82) is 0 Å². The zero-order valence-electron chi connectivity index (χ0n) is 9.85. The Morgan fingerprint density at radius 2 is 1.47 bits per heavy atom. The van der Waals surface area contributed by atoms with Crippen molar-refractivity contribution in [2.24, 2.45) is 0 Å². The molecular weight excluding hydrogens is 231 g/mol. The topological polar surface area (TPSA) is 94.8 Å². The maximum atomic E-state index is 10.9. The molecule has 0 aromatic rings. The molecule has 1 atom stereocenters. The van der Waals surface area contributed by atoms with Crippen LogP contribution in [0.1, 0.15) is 34.1 Å². The minimum Gasteiger partial charge on any atom is -0.390 e. The Kier molecular flexibility index (Phi) is 6.60. The molecule has 1 unspecified atom stereocenters. The summed E-state index contributed by atoms with van der Waals surface area (Å²) in [4.78, 5) is 0. The average Bonchev–Trinajstić information content (AvgIpc) is 1.75. The van der Waals surface area contributed by atoms with Gasteiger partial charge in [0.15, 0.2) is 0 Å². The largest absolute Gasteiger partial charge is 0.390 e. The molecule has 0 aliphatic carbocycles. The van der Waals surface area contributed by atoms with Gasteiger partial charge in [-0.1, -0.05) is 0 Å². The van der Waals surface area contributed by atoms with Gasteiger partial charge in [0.1, 0.15) is 5.25 Å². The molecule has 3 N–H and O–H groups in total. The molecule has 0 saturated heterocycles. The SMILES string of the molecule is CC(C)(O)CC(C(C)(C)O)S(=O)(=O)O.[Na]. The number of hydrogen-bond donors (Lipinski definition) is 3. The molecule has 0 aromatic heterocycles. The Balaban J connectivity index is 0. The van der Waals surface area contributed by atoms with E-state index in [4.69, 9.17) is 4.55 Å². The summed E-state index contributed by atoms with van der Waals surface area (Å²) >= 11 is 0. The molecule has 0 aliphatic heterocycles. The molecule has 5 nitrogen and oxygen atoms in total. The zero-order chi connectivity index (χ0) is 11.8. The van der Waals surface area contributed by atoms with E-state index in [9.17, 15) is 18.6 Å². The normalized spacial score (nSPS) is 15.7. The fraction of sp³-hybridized carbons (Fsp3) is 1.00. The van der Waals surface area contributed by atoms with Crippen LogP contribution in [-0.2, 0) is 10.1 Å². The van der Waals surface area contributed by atoms with Gasteiger partial charge in [-0.3, -0.25) is 4.55 Å². The molecule has 0 bridgehead atoms. The Bertz CT molecular complexity index is 285. The molecule has 0 amide bonds. The third kappa shape index (κ3) is 7.68. The van der Waals surface area contributed by atoms with Crippen LogP contribution in [0, 0.1) is 0 Å². The van der Waals surface area contributed by atoms with Gasteiger partial charge in [-0.05, 0) is 34.1 Å². The summed E-state index contributed by atoms with van der Waals surface area (Å²) in [6.07, 6.45) is -0.227. The van der Waals surface area contributed by atoms with Crippen LogP contribution in [0.15, 0.2) is 0 Å². The van der Waals surface area contributed by atoms with E-state index in [-0.39, 0.29) is 36.0 Å². The summed E-state index contributed by atoms with van der Waals surface area (Å²) in [5, 5.41) is 17.6. The number of aliphatic hydroxyl groups is 2. The molecule has 0 aliphatic rings. The first kappa shape index (κ1) is 18.2. The second kappa shape index (κ2) is 5.44. The first-order chi connectivity index (χ1) is 5.84. The van der Waals surface area contributed by atoms with Crippen LogP contribution in [0.2, 0.25) is 0 Å². The van der Waals surface area contributed by atoms with Crippen LogP contribution in [0.5, 0.6) is 0 Å². The Hall–Kier alpha value is 0.830. The van der Waals surface area contributed by atoms with Gasteiger partial charge >= 0.3 is 0 Å². The van der Waals surface area contributed by atoms with E-state index >= 15 is 0 Å². The van der Waals surface area contributed by atoms with E-state index in [0.29, 0.717) is 0 Å². The van der Waals surface area contributed by atoms with Crippen LogP contribution >= 0.6 is 0 Å². The van der Waals surface area contributed by atoms with Crippen molar-refractivity contribution in [2.75, 3.05) is 0 Å². The van der Waals surface area contributed by atoms with E-state index in [1.54, 1.807) is 0 Å². The maximum absolute atomic E-state index is 10.9. The summed E-state index contributed by atoms with van der Waals surface area (Å²) in [6, 6.07) is 0. The standard InChI is InChI=1S/C8H18O5S.Na/c1-7(2,9)5-6(8(3,4)10)14(11,12)13;/h6,9-10H,5H2,1-4H3,(H,11,12,13);. The van der Waals surface area contributed by atoms with Crippen LogP contribution in [0.3, 0.4) is 0 Å². The van der Waals surface area contributed by atoms with Crippen LogP contribution < -0.4 is 0 Å². The predicted octanol–water partition coefficient (Wildman–Crippen LogP) is -0.206. The fourth-order valence-electron chi connectivity index (χ4n) is 1.17. The zero-order valence-corrected chi connectivity index (χ0v) is 12.7. The number of rotatable bonds is 4. The Morgan fingerprint density at radius 1 is 1.13 bits per heavy atom. The molecule has 87 valence electrons. The molecular formula is C8H18NaO5S. The summed E-state index contributed by atoms with van der Waals surface area (Å²) in [6.45, 7) is 5.38. The molecule has 0 rings (SSSR count). The minimum absolute atomic E-state index is 0. The van der Waals surface area contributed by atoms with E-state index in [1.165, 1.54) is 27.7 Å². The van der Waals surface area contributed by atoms with Crippen molar-refractivity contribution in [1.82, 2.24) is 0 Å². The molecule has 1 radical (unpaired) electrons. The molecule has 0 heterocycles. The van der Waals surface area contributed by atoms with Gasteiger partial charge in [0.25, 0.3) is 10.1 Å². The molecule has 0 spiro atoms. The average molecular weight is 249 g/mol. The van der Waals surface area contributed by atoms with Gasteiger partial charge in [-0.15, -0.1) is 0 Å². The third-order valence-corrected chi connectivity index (χ3v) is 3.29. The third-order valence-electron chi connectivity index (χ3n) is 1.83. The monoisotopic (exact) mass is 249 g/mol. The first-order valence-electron chi connectivity index (χ1n) is 4.25. The van der Waals surface area contributed by atoms with Crippen LogP contribution in [-0.4, -0.2) is 69.2 Å². The summed E-state index contributed by atoms with van der Waals surface area (Å²) in [7, 11) is -4.37. The van der Waals surface area contributed by atoms with Gasteiger partial charge in [-0.2, -0.15) is 8.42 Å². The number of hydrogen-bond acceptors (Lipinski definition) is 4. The van der Waals surface area contributed by atoms with Gasteiger partial charge in [0, 0.05) is 29.6 Å². The van der Waals surface area contributed by atoms with Crippen molar-refractivity contribution in [3.63, 3.8) is 0 Å². The fourth-order valence-corrected chi connectivity index (χ4v) is 2.52. The van der Waals surface area contributed by atoms with Gasteiger partial charge in [-0.25, -0.2) is 0 Å². The van der Waals surface area contributed by atoms with Crippen LogP contribution in [0.25, 0.3) is 0 Å². The quantitative estimate of drug-likeness (QED) is 0.473. The van der Waals surface area contributed by atoms with Crippen molar-refractivity contribution in [3.8, 4) is 0 Å². The van der Waals surface area contributed by atoms with E-state index < -0.39 is 26.6 Å². The Morgan fingerprint density at radius 3 is 1.53 bits per heavy atom. The maximum Gasteiger partial charge on any atom is 0.270 e. The smallest absolute Gasteiger partial charge is 0.270 e. The van der Waals surface area contributed by atoms with E-state index in [2.05, 4.69) is 0 Å². The second-order valence-electron chi connectivity index (χ2n) is 4.67. The molecule has 15 heavy (non-hydrogen) atoms. The first-order valence-corrected chi connectivity index (χ1v) is 5.75. The molecule has 7 heteroatoms. The second-order valence-corrected chi connectivity index (χ2v) is 6.27. The summed E-state index contributed by atoms with van der Waals surface area (Å²) in [5.74, 6) is 0. The van der Waals surface area contributed by atoms with Crippen molar-refractivity contribution in [3.05, 3.63) is 0 Å². The summed E-state index contributed by atoms with van der Waals surface area (Å²) in [5.41, 5.74) is -2.85.